The molecule has 0 saturated carbocycles. The fourth-order valence-corrected chi connectivity index (χ4v) is 3.74. The van der Waals surface area contributed by atoms with Crippen molar-refractivity contribution in [3.63, 3.8) is 0 Å². The number of aryl methyl sites for hydroxylation is 1. The smallest absolute Gasteiger partial charge is 0.330 e. The van der Waals surface area contributed by atoms with Crippen molar-refractivity contribution in [3.8, 4) is 0 Å². The number of hydrogen-bond acceptors (Lipinski definition) is 6. The molecular weight excluding hydrogens is 274 g/mol. The van der Waals surface area contributed by atoms with Crippen LogP contribution in [0.15, 0.2) is 0 Å². The molecule has 2 heterocycles. The maximum absolute atomic E-state index is 12.1. The van der Waals surface area contributed by atoms with Crippen molar-refractivity contribution < 1.29 is 14.7 Å². The maximum Gasteiger partial charge on any atom is 0.330 e. The summed E-state index contributed by atoms with van der Waals surface area (Å²) < 4.78 is 3.73. The van der Waals surface area contributed by atoms with Gasteiger partial charge in [0, 0.05) is 5.75 Å². The topological polar surface area (TPSA) is 92.2 Å². The van der Waals surface area contributed by atoms with Gasteiger partial charge < -0.3 is 10.4 Å². The Bertz CT molecular complexity index is 469. The van der Waals surface area contributed by atoms with Crippen molar-refractivity contribution in [2.45, 2.75) is 25.3 Å². The number of rotatable bonds is 4. The van der Waals surface area contributed by atoms with Crippen LogP contribution in [0, 0.1) is 0 Å². The Balaban J connectivity index is 2.18. The van der Waals surface area contributed by atoms with Crippen LogP contribution in [0.3, 0.4) is 0 Å². The Labute approximate surface area is 112 Å². The SMILES string of the molecule is CCc1nnsc1C(=O)N[C@]1(C(=O)O)CCSC1. The number of thioether (sulfide) groups is 1. The molecule has 2 rings (SSSR count). The van der Waals surface area contributed by atoms with Gasteiger partial charge in [-0.15, -0.1) is 5.10 Å². The van der Waals surface area contributed by atoms with Crippen molar-refractivity contribution in [1.82, 2.24) is 14.9 Å². The lowest BCUT2D eigenvalue weighted by atomic mass is 9.99. The van der Waals surface area contributed by atoms with E-state index in [0.29, 0.717) is 29.2 Å². The minimum atomic E-state index is -1.14. The van der Waals surface area contributed by atoms with Gasteiger partial charge in [-0.3, -0.25) is 4.79 Å². The molecule has 6 nitrogen and oxygen atoms in total. The highest BCUT2D eigenvalue weighted by molar-refractivity contribution is 7.99. The highest BCUT2D eigenvalue weighted by atomic mass is 32.2. The van der Waals surface area contributed by atoms with E-state index in [9.17, 15) is 14.7 Å². The molecule has 0 spiro atoms. The standard InChI is InChI=1S/C10H13N3O3S2/c1-2-6-7(18-13-12-6)8(14)11-10(9(15)16)3-4-17-5-10/h2-5H2,1H3,(H,11,14)(H,15,16)/t10-/m1/s1. The third-order valence-electron chi connectivity index (χ3n) is 2.88. The zero-order valence-corrected chi connectivity index (χ0v) is 11.4. The van der Waals surface area contributed by atoms with Crippen LogP contribution in [0.25, 0.3) is 0 Å². The molecule has 1 amide bonds. The molecule has 1 aromatic rings. The van der Waals surface area contributed by atoms with Crippen LogP contribution in [0.5, 0.6) is 0 Å². The Morgan fingerprint density at radius 3 is 2.89 bits per heavy atom. The second kappa shape index (κ2) is 5.23. The summed E-state index contributed by atoms with van der Waals surface area (Å²) in [6, 6.07) is 0. The van der Waals surface area contributed by atoms with Crippen LogP contribution < -0.4 is 5.32 Å². The van der Waals surface area contributed by atoms with E-state index >= 15 is 0 Å². The number of carboxylic acids is 1. The quantitative estimate of drug-likeness (QED) is 0.850. The number of amides is 1. The van der Waals surface area contributed by atoms with E-state index in [1.54, 1.807) is 0 Å². The molecule has 0 aromatic carbocycles. The van der Waals surface area contributed by atoms with Gasteiger partial charge in [-0.05, 0) is 30.1 Å². The summed E-state index contributed by atoms with van der Waals surface area (Å²) in [5.74, 6) is -0.209. The minimum absolute atomic E-state index is 0.383. The number of nitrogens with one attached hydrogen (secondary N) is 1. The molecule has 0 radical (unpaired) electrons. The largest absolute Gasteiger partial charge is 0.479 e. The third kappa shape index (κ3) is 2.35. The minimum Gasteiger partial charge on any atom is -0.479 e. The fourth-order valence-electron chi connectivity index (χ4n) is 1.77. The van der Waals surface area contributed by atoms with Crippen molar-refractivity contribution in [3.05, 3.63) is 10.6 Å². The zero-order valence-electron chi connectivity index (χ0n) is 9.80. The van der Waals surface area contributed by atoms with Crippen LogP contribution in [0.1, 0.15) is 28.7 Å². The van der Waals surface area contributed by atoms with E-state index in [2.05, 4.69) is 14.9 Å². The van der Waals surface area contributed by atoms with E-state index in [4.69, 9.17) is 0 Å². The first kappa shape index (κ1) is 13.3. The summed E-state index contributed by atoms with van der Waals surface area (Å²) in [6.45, 7) is 1.88. The summed E-state index contributed by atoms with van der Waals surface area (Å²) in [5, 5.41) is 15.8. The van der Waals surface area contributed by atoms with Crippen LogP contribution >= 0.6 is 23.3 Å². The Morgan fingerprint density at radius 2 is 2.33 bits per heavy atom. The van der Waals surface area contributed by atoms with Crippen molar-refractivity contribution in [2.75, 3.05) is 11.5 Å². The van der Waals surface area contributed by atoms with E-state index in [1.807, 2.05) is 6.92 Å². The Morgan fingerprint density at radius 1 is 1.56 bits per heavy atom. The first-order valence-electron chi connectivity index (χ1n) is 5.54. The molecule has 98 valence electrons. The Kier molecular flexibility index (Phi) is 3.86. The van der Waals surface area contributed by atoms with Gasteiger partial charge >= 0.3 is 5.97 Å². The third-order valence-corrected chi connectivity index (χ3v) is 4.84. The number of nitrogens with zero attached hydrogens (tertiary/aromatic N) is 2. The average Bonchev–Trinajstić information content (AvgIpc) is 2.97. The molecule has 18 heavy (non-hydrogen) atoms. The van der Waals surface area contributed by atoms with E-state index in [0.717, 1.165) is 17.3 Å². The maximum atomic E-state index is 12.1. The fraction of sp³-hybridized carbons (Fsp3) is 0.600. The summed E-state index contributed by atoms with van der Waals surface area (Å²) >= 11 is 2.54. The first-order valence-corrected chi connectivity index (χ1v) is 7.47. The lowest BCUT2D eigenvalue weighted by molar-refractivity contribution is -0.143. The number of hydrogen-bond donors (Lipinski definition) is 2. The van der Waals surface area contributed by atoms with Crippen molar-refractivity contribution >= 4 is 35.2 Å². The second-order valence-corrected chi connectivity index (χ2v) is 5.91. The summed E-state index contributed by atoms with van der Waals surface area (Å²) in [7, 11) is 0. The summed E-state index contributed by atoms with van der Waals surface area (Å²) in [5.41, 5.74) is -0.528. The van der Waals surface area contributed by atoms with Crippen molar-refractivity contribution in [1.29, 1.82) is 0 Å². The summed E-state index contributed by atoms with van der Waals surface area (Å²) in [6.07, 6.45) is 1.06. The summed E-state index contributed by atoms with van der Waals surface area (Å²) in [4.78, 5) is 23.8. The van der Waals surface area contributed by atoms with Gasteiger partial charge in [-0.1, -0.05) is 11.4 Å². The van der Waals surface area contributed by atoms with Gasteiger partial charge in [0.25, 0.3) is 5.91 Å². The lowest BCUT2D eigenvalue weighted by Crippen LogP contribution is -2.54. The molecule has 1 aliphatic heterocycles. The number of aromatic nitrogens is 2. The van der Waals surface area contributed by atoms with Gasteiger partial charge in [0.2, 0.25) is 0 Å². The molecule has 0 bridgehead atoms. The monoisotopic (exact) mass is 287 g/mol. The molecule has 2 N–H and O–H groups in total. The molecule has 0 unspecified atom stereocenters. The van der Waals surface area contributed by atoms with Crippen molar-refractivity contribution in [2.24, 2.45) is 0 Å². The first-order chi connectivity index (χ1) is 8.59. The van der Waals surface area contributed by atoms with E-state index in [1.165, 1.54) is 11.8 Å². The molecule has 8 heteroatoms. The lowest BCUT2D eigenvalue weighted by Gasteiger charge is -2.24. The van der Waals surface area contributed by atoms with E-state index < -0.39 is 11.5 Å². The Hall–Kier alpha value is -1.15. The van der Waals surface area contributed by atoms with Crippen LogP contribution in [-0.2, 0) is 11.2 Å². The van der Waals surface area contributed by atoms with Crippen LogP contribution in [-0.4, -0.2) is 43.6 Å². The van der Waals surface area contributed by atoms with Gasteiger partial charge in [0.15, 0.2) is 0 Å². The number of carbonyl (C=O) groups excluding carboxylic acids is 1. The molecule has 1 aromatic heterocycles. The molecule has 1 aliphatic rings. The highest BCUT2D eigenvalue weighted by Gasteiger charge is 2.43. The molecule has 1 saturated heterocycles. The molecular formula is C10H13N3O3S2. The average molecular weight is 287 g/mol. The normalized spacial score (nSPS) is 22.9. The second-order valence-electron chi connectivity index (χ2n) is 4.05. The van der Waals surface area contributed by atoms with Gasteiger partial charge in [0.1, 0.15) is 10.4 Å². The van der Waals surface area contributed by atoms with Crippen LogP contribution in [0.2, 0.25) is 0 Å². The molecule has 1 fully saturated rings. The van der Waals surface area contributed by atoms with Crippen LogP contribution in [0.4, 0.5) is 0 Å². The van der Waals surface area contributed by atoms with Gasteiger partial charge in [-0.25, -0.2) is 4.79 Å². The van der Waals surface area contributed by atoms with Gasteiger partial charge in [0.05, 0.1) is 5.69 Å². The highest BCUT2D eigenvalue weighted by Crippen LogP contribution is 2.29. The molecule has 1 atom stereocenters. The van der Waals surface area contributed by atoms with E-state index in [-0.39, 0.29) is 5.91 Å². The van der Waals surface area contributed by atoms with Gasteiger partial charge in [-0.2, -0.15) is 11.8 Å². The predicted molar refractivity (Wildman–Crippen MR) is 69.1 cm³/mol. The zero-order chi connectivity index (χ0) is 13.2. The number of carbonyl (C=O) groups is 2. The number of aliphatic carboxylic acids is 1. The predicted octanol–water partition coefficient (Wildman–Crippen LogP) is 0.791. The number of carboxylic acid groups (broad SMARTS) is 1. The molecule has 0 aliphatic carbocycles.